The van der Waals surface area contributed by atoms with Crippen LogP contribution in [0.15, 0.2) is 24.5 Å². The van der Waals surface area contributed by atoms with Gasteiger partial charge in [-0.25, -0.2) is 0 Å². The predicted molar refractivity (Wildman–Crippen MR) is 62.5 cm³/mol. The van der Waals surface area contributed by atoms with Crippen molar-refractivity contribution in [2.24, 2.45) is 0 Å². The Kier molecular flexibility index (Phi) is 3.43. The number of carbonyl (C=O) groups is 1. The zero-order valence-electron chi connectivity index (χ0n) is 8.05. The Balaban J connectivity index is 2.17. The molecule has 0 aliphatic rings. The van der Waals surface area contributed by atoms with Crippen LogP contribution in [0.5, 0.6) is 0 Å². The van der Waals surface area contributed by atoms with Gasteiger partial charge in [0.15, 0.2) is 5.01 Å². The molecule has 0 atom stereocenters. The molecule has 0 bridgehead atoms. The standard InChI is InChI=1S/C9H7ClN4OS/c10-4-7(15)12-9-14-13-8(16-9)6-2-1-3-11-5-6/h1-3,5H,4H2,(H,12,14,15). The summed E-state index contributed by atoms with van der Waals surface area (Å²) in [5.41, 5.74) is 0.867. The van der Waals surface area contributed by atoms with E-state index >= 15 is 0 Å². The Morgan fingerprint density at radius 2 is 2.38 bits per heavy atom. The molecule has 2 heterocycles. The van der Waals surface area contributed by atoms with Crippen molar-refractivity contribution < 1.29 is 4.79 Å². The number of anilines is 1. The zero-order chi connectivity index (χ0) is 11.4. The Hall–Kier alpha value is -1.53. The Morgan fingerprint density at radius 1 is 1.50 bits per heavy atom. The van der Waals surface area contributed by atoms with Gasteiger partial charge in [0.1, 0.15) is 5.88 Å². The third kappa shape index (κ3) is 2.53. The average molecular weight is 255 g/mol. The first-order valence-corrected chi connectivity index (χ1v) is 5.74. The van der Waals surface area contributed by atoms with E-state index in [0.29, 0.717) is 10.1 Å². The summed E-state index contributed by atoms with van der Waals surface area (Å²) in [6.45, 7) is 0. The van der Waals surface area contributed by atoms with Crippen LogP contribution in [0.4, 0.5) is 5.13 Å². The summed E-state index contributed by atoms with van der Waals surface area (Å²) in [4.78, 5) is 15.0. The van der Waals surface area contributed by atoms with Gasteiger partial charge in [0.05, 0.1) is 0 Å². The quantitative estimate of drug-likeness (QED) is 0.848. The molecule has 0 aliphatic heterocycles. The molecule has 0 unspecified atom stereocenters. The number of aromatic nitrogens is 3. The molecule has 0 saturated heterocycles. The number of hydrogen-bond acceptors (Lipinski definition) is 5. The minimum absolute atomic E-state index is 0.0954. The topological polar surface area (TPSA) is 67.8 Å². The van der Waals surface area contributed by atoms with E-state index in [9.17, 15) is 4.79 Å². The van der Waals surface area contributed by atoms with Gasteiger partial charge >= 0.3 is 0 Å². The predicted octanol–water partition coefficient (Wildman–Crippen LogP) is 1.78. The van der Waals surface area contributed by atoms with Crippen LogP contribution in [0.1, 0.15) is 0 Å². The molecule has 7 heteroatoms. The van der Waals surface area contributed by atoms with E-state index in [-0.39, 0.29) is 11.8 Å². The number of pyridine rings is 1. The van der Waals surface area contributed by atoms with Gasteiger partial charge in [-0.2, -0.15) is 0 Å². The second kappa shape index (κ2) is 5.00. The van der Waals surface area contributed by atoms with E-state index < -0.39 is 0 Å². The monoisotopic (exact) mass is 254 g/mol. The molecule has 82 valence electrons. The number of halogens is 1. The van der Waals surface area contributed by atoms with Gasteiger partial charge in [-0.15, -0.1) is 21.8 Å². The average Bonchev–Trinajstić information content (AvgIpc) is 2.78. The highest BCUT2D eigenvalue weighted by Crippen LogP contribution is 2.25. The lowest BCUT2D eigenvalue weighted by Crippen LogP contribution is -2.12. The van der Waals surface area contributed by atoms with Crippen molar-refractivity contribution in [3.05, 3.63) is 24.5 Å². The Labute approximate surface area is 101 Å². The van der Waals surface area contributed by atoms with Crippen LogP contribution in [0, 0.1) is 0 Å². The maximum Gasteiger partial charge on any atom is 0.241 e. The minimum atomic E-state index is -0.296. The first kappa shape index (κ1) is 11.0. The summed E-state index contributed by atoms with van der Waals surface area (Å²) in [5.74, 6) is -0.391. The smallest absolute Gasteiger partial charge is 0.241 e. The van der Waals surface area contributed by atoms with Crippen LogP contribution in [0.25, 0.3) is 10.6 Å². The minimum Gasteiger partial charge on any atom is -0.299 e. The summed E-state index contributed by atoms with van der Waals surface area (Å²) >= 11 is 6.64. The van der Waals surface area contributed by atoms with Crippen molar-refractivity contribution in [2.45, 2.75) is 0 Å². The van der Waals surface area contributed by atoms with Gasteiger partial charge in [0.25, 0.3) is 0 Å². The molecule has 2 rings (SSSR count). The fraction of sp³-hybridized carbons (Fsp3) is 0.111. The summed E-state index contributed by atoms with van der Waals surface area (Å²) in [6.07, 6.45) is 3.37. The lowest BCUT2D eigenvalue weighted by Gasteiger charge is -1.94. The molecule has 0 fully saturated rings. The largest absolute Gasteiger partial charge is 0.299 e. The molecule has 1 amide bonds. The maximum atomic E-state index is 11.0. The number of rotatable bonds is 3. The van der Waals surface area contributed by atoms with E-state index in [1.807, 2.05) is 12.1 Å². The van der Waals surface area contributed by atoms with E-state index in [4.69, 9.17) is 11.6 Å². The van der Waals surface area contributed by atoms with E-state index in [0.717, 1.165) is 5.56 Å². The number of hydrogen-bond donors (Lipinski definition) is 1. The lowest BCUT2D eigenvalue weighted by atomic mass is 10.3. The van der Waals surface area contributed by atoms with Gasteiger partial charge in [-0.05, 0) is 12.1 Å². The molecule has 16 heavy (non-hydrogen) atoms. The van der Waals surface area contributed by atoms with Gasteiger partial charge in [-0.1, -0.05) is 11.3 Å². The van der Waals surface area contributed by atoms with Crippen molar-refractivity contribution >= 4 is 34.0 Å². The molecule has 0 aliphatic carbocycles. The Morgan fingerprint density at radius 3 is 3.06 bits per heavy atom. The van der Waals surface area contributed by atoms with Gasteiger partial charge in [0.2, 0.25) is 11.0 Å². The number of alkyl halides is 1. The highest BCUT2D eigenvalue weighted by Gasteiger charge is 2.08. The number of nitrogens with one attached hydrogen (secondary N) is 1. The summed E-state index contributed by atoms with van der Waals surface area (Å²) in [6, 6.07) is 3.69. The van der Waals surface area contributed by atoms with Gasteiger partial charge in [0, 0.05) is 18.0 Å². The normalized spacial score (nSPS) is 10.1. The van der Waals surface area contributed by atoms with Crippen LogP contribution >= 0.6 is 22.9 Å². The summed E-state index contributed by atoms with van der Waals surface area (Å²) in [7, 11) is 0. The van der Waals surface area contributed by atoms with Crippen LogP contribution < -0.4 is 5.32 Å². The van der Waals surface area contributed by atoms with Crippen molar-refractivity contribution in [1.82, 2.24) is 15.2 Å². The highest BCUT2D eigenvalue weighted by atomic mass is 35.5. The second-order valence-corrected chi connectivity index (χ2v) is 4.08. The first-order chi connectivity index (χ1) is 7.79. The van der Waals surface area contributed by atoms with Crippen molar-refractivity contribution in [3.8, 4) is 10.6 Å². The molecule has 0 saturated carbocycles. The Bertz CT molecular complexity index is 487. The fourth-order valence-electron chi connectivity index (χ4n) is 1.03. The van der Waals surface area contributed by atoms with Gasteiger partial charge < -0.3 is 0 Å². The second-order valence-electron chi connectivity index (χ2n) is 2.84. The third-order valence-corrected chi connectivity index (χ3v) is 2.83. The summed E-state index contributed by atoms with van der Waals surface area (Å²) < 4.78 is 0. The van der Waals surface area contributed by atoms with Crippen LogP contribution in [0.3, 0.4) is 0 Å². The van der Waals surface area contributed by atoms with Crippen molar-refractivity contribution in [3.63, 3.8) is 0 Å². The first-order valence-electron chi connectivity index (χ1n) is 4.39. The molecule has 0 aromatic carbocycles. The van der Waals surface area contributed by atoms with Crippen LogP contribution in [-0.2, 0) is 4.79 Å². The zero-order valence-corrected chi connectivity index (χ0v) is 9.63. The summed E-state index contributed by atoms with van der Waals surface area (Å²) in [5, 5.41) is 11.5. The van der Waals surface area contributed by atoms with Gasteiger partial charge in [-0.3, -0.25) is 15.1 Å². The molecule has 5 nitrogen and oxygen atoms in total. The third-order valence-electron chi connectivity index (χ3n) is 1.70. The maximum absolute atomic E-state index is 11.0. The fourth-order valence-corrected chi connectivity index (χ4v) is 1.85. The molecule has 0 radical (unpaired) electrons. The van der Waals surface area contributed by atoms with Crippen LogP contribution in [0.2, 0.25) is 0 Å². The van der Waals surface area contributed by atoms with Crippen molar-refractivity contribution in [2.75, 3.05) is 11.2 Å². The number of carbonyl (C=O) groups excluding carboxylic acids is 1. The van der Waals surface area contributed by atoms with E-state index in [1.165, 1.54) is 11.3 Å². The van der Waals surface area contributed by atoms with Crippen molar-refractivity contribution in [1.29, 1.82) is 0 Å². The van der Waals surface area contributed by atoms with Crippen LogP contribution in [-0.4, -0.2) is 27.0 Å². The number of nitrogens with zero attached hydrogens (tertiary/aromatic N) is 3. The van der Waals surface area contributed by atoms with E-state index in [1.54, 1.807) is 12.4 Å². The molecule has 0 spiro atoms. The molecular formula is C9H7ClN4OS. The lowest BCUT2D eigenvalue weighted by molar-refractivity contribution is -0.113. The molecular weight excluding hydrogens is 248 g/mol. The molecule has 2 aromatic heterocycles. The molecule has 1 N–H and O–H groups in total. The highest BCUT2D eigenvalue weighted by molar-refractivity contribution is 7.18. The SMILES string of the molecule is O=C(CCl)Nc1nnc(-c2cccnc2)s1. The van der Waals surface area contributed by atoms with E-state index in [2.05, 4.69) is 20.5 Å². The molecule has 2 aromatic rings. The number of amides is 1.